The summed E-state index contributed by atoms with van der Waals surface area (Å²) in [6, 6.07) is 6.03. The van der Waals surface area contributed by atoms with E-state index in [-0.39, 0.29) is 11.7 Å². The molecular weight excluding hydrogens is 247 g/mol. The Morgan fingerprint density at radius 3 is 2.95 bits per heavy atom. The summed E-state index contributed by atoms with van der Waals surface area (Å²) in [6.07, 6.45) is 2.65. The van der Waals surface area contributed by atoms with Crippen LogP contribution in [0.5, 0.6) is 0 Å². The lowest BCUT2D eigenvalue weighted by molar-refractivity contribution is -0.131. The predicted octanol–water partition coefficient (Wildman–Crippen LogP) is 1.94. The molecule has 0 radical (unpaired) electrons. The van der Waals surface area contributed by atoms with Crippen molar-refractivity contribution in [3.05, 3.63) is 53.2 Å². The molecular formula is C14H13FN2O2. The molecule has 0 unspecified atom stereocenters. The zero-order valence-electron chi connectivity index (χ0n) is 10.3. The number of benzene rings is 1. The van der Waals surface area contributed by atoms with Crippen LogP contribution in [0, 0.1) is 5.82 Å². The highest BCUT2D eigenvalue weighted by Crippen LogP contribution is 2.19. The van der Waals surface area contributed by atoms with Gasteiger partial charge in [0.05, 0.1) is 19.2 Å². The molecule has 1 aromatic heterocycles. The lowest BCUT2D eigenvalue weighted by atomic mass is 10.1. The third-order valence-electron chi connectivity index (χ3n) is 3.32. The highest BCUT2D eigenvalue weighted by molar-refractivity contribution is 5.79. The number of carbonyl (C=O) groups is 1. The zero-order chi connectivity index (χ0) is 13.2. The van der Waals surface area contributed by atoms with Gasteiger partial charge in [0.25, 0.3) is 0 Å². The Morgan fingerprint density at radius 1 is 1.37 bits per heavy atom. The molecule has 98 valence electrons. The first-order valence-corrected chi connectivity index (χ1v) is 6.17. The van der Waals surface area contributed by atoms with E-state index in [1.165, 1.54) is 12.1 Å². The standard InChI is InChI=1S/C14H13FN2O2/c15-12-3-1-10(2-4-12)7-14(18)17-6-5-13-11(9-17)8-16-19-13/h1-4,8H,5-7,9H2. The molecule has 0 fully saturated rings. The van der Waals surface area contributed by atoms with Gasteiger partial charge in [0.1, 0.15) is 11.6 Å². The second-order valence-electron chi connectivity index (χ2n) is 4.64. The van der Waals surface area contributed by atoms with Gasteiger partial charge in [-0.05, 0) is 17.7 Å². The Labute approximate surface area is 109 Å². The van der Waals surface area contributed by atoms with Crippen LogP contribution >= 0.6 is 0 Å². The van der Waals surface area contributed by atoms with Gasteiger partial charge >= 0.3 is 0 Å². The maximum Gasteiger partial charge on any atom is 0.227 e. The fourth-order valence-electron chi connectivity index (χ4n) is 2.24. The summed E-state index contributed by atoms with van der Waals surface area (Å²) in [7, 11) is 0. The summed E-state index contributed by atoms with van der Waals surface area (Å²) in [6.45, 7) is 1.18. The molecule has 1 amide bonds. The summed E-state index contributed by atoms with van der Waals surface area (Å²) in [5, 5.41) is 3.74. The number of aromatic nitrogens is 1. The number of halogens is 1. The van der Waals surface area contributed by atoms with Crippen molar-refractivity contribution < 1.29 is 13.7 Å². The van der Waals surface area contributed by atoms with Gasteiger partial charge in [-0.15, -0.1) is 0 Å². The monoisotopic (exact) mass is 260 g/mol. The number of carbonyl (C=O) groups excluding carboxylic acids is 1. The first-order valence-electron chi connectivity index (χ1n) is 6.17. The molecule has 0 bridgehead atoms. The minimum Gasteiger partial charge on any atom is -0.361 e. The van der Waals surface area contributed by atoms with E-state index < -0.39 is 0 Å². The number of fused-ring (bicyclic) bond motifs is 1. The van der Waals surface area contributed by atoms with Crippen molar-refractivity contribution in [1.29, 1.82) is 0 Å². The lowest BCUT2D eigenvalue weighted by Crippen LogP contribution is -2.36. The quantitative estimate of drug-likeness (QED) is 0.829. The van der Waals surface area contributed by atoms with Gasteiger partial charge in [0, 0.05) is 18.5 Å². The SMILES string of the molecule is O=C(Cc1ccc(F)cc1)N1CCc2oncc2C1. The Morgan fingerprint density at radius 2 is 2.16 bits per heavy atom. The highest BCUT2D eigenvalue weighted by Gasteiger charge is 2.23. The molecule has 4 nitrogen and oxygen atoms in total. The summed E-state index contributed by atoms with van der Waals surface area (Å²) in [4.78, 5) is 13.9. The van der Waals surface area contributed by atoms with E-state index in [4.69, 9.17) is 4.52 Å². The van der Waals surface area contributed by atoms with E-state index in [1.807, 2.05) is 0 Å². The van der Waals surface area contributed by atoms with Gasteiger partial charge in [0.15, 0.2) is 0 Å². The maximum absolute atomic E-state index is 12.8. The van der Waals surface area contributed by atoms with Crippen LogP contribution in [-0.4, -0.2) is 22.5 Å². The van der Waals surface area contributed by atoms with Crippen molar-refractivity contribution in [2.75, 3.05) is 6.54 Å². The number of nitrogens with zero attached hydrogens (tertiary/aromatic N) is 2. The molecule has 1 aliphatic rings. The van der Waals surface area contributed by atoms with Gasteiger partial charge in [-0.25, -0.2) is 4.39 Å². The number of amides is 1. The number of rotatable bonds is 2. The fourth-order valence-corrected chi connectivity index (χ4v) is 2.24. The average molecular weight is 260 g/mol. The van der Waals surface area contributed by atoms with Gasteiger partial charge in [-0.3, -0.25) is 4.79 Å². The molecule has 0 saturated carbocycles. The van der Waals surface area contributed by atoms with Crippen LogP contribution in [0.4, 0.5) is 4.39 Å². The molecule has 2 aromatic rings. The normalized spacial score (nSPS) is 14.3. The molecule has 0 N–H and O–H groups in total. The van der Waals surface area contributed by atoms with Crippen LogP contribution < -0.4 is 0 Å². The van der Waals surface area contributed by atoms with E-state index >= 15 is 0 Å². The lowest BCUT2D eigenvalue weighted by Gasteiger charge is -2.25. The Balaban J connectivity index is 1.67. The average Bonchev–Trinajstić information content (AvgIpc) is 2.88. The minimum absolute atomic E-state index is 0.0402. The van der Waals surface area contributed by atoms with Gasteiger partial charge < -0.3 is 9.42 Å². The second-order valence-corrected chi connectivity index (χ2v) is 4.64. The molecule has 0 atom stereocenters. The Bertz CT molecular complexity index is 592. The molecule has 0 spiro atoms. The van der Waals surface area contributed by atoms with E-state index in [1.54, 1.807) is 23.2 Å². The van der Waals surface area contributed by atoms with Crippen molar-refractivity contribution in [3.8, 4) is 0 Å². The second kappa shape index (κ2) is 4.84. The highest BCUT2D eigenvalue weighted by atomic mass is 19.1. The van der Waals surface area contributed by atoms with Crippen molar-refractivity contribution in [1.82, 2.24) is 10.1 Å². The zero-order valence-corrected chi connectivity index (χ0v) is 10.3. The summed E-state index contributed by atoms with van der Waals surface area (Å²) >= 11 is 0. The summed E-state index contributed by atoms with van der Waals surface area (Å²) in [5.41, 5.74) is 1.79. The Kier molecular flexibility index (Phi) is 3.03. The van der Waals surface area contributed by atoms with E-state index in [0.717, 1.165) is 16.9 Å². The number of hydrogen-bond acceptors (Lipinski definition) is 3. The van der Waals surface area contributed by atoms with Crippen molar-refractivity contribution in [2.45, 2.75) is 19.4 Å². The van der Waals surface area contributed by atoms with Crippen LogP contribution in [0.25, 0.3) is 0 Å². The molecule has 0 saturated heterocycles. The Hall–Kier alpha value is -2.17. The molecule has 2 heterocycles. The van der Waals surface area contributed by atoms with Crippen molar-refractivity contribution in [2.24, 2.45) is 0 Å². The molecule has 3 rings (SSSR count). The van der Waals surface area contributed by atoms with Crippen molar-refractivity contribution in [3.63, 3.8) is 0 Å². The fraction of sp³-hybridized carbons (Fsp3) is 0.286. The van der Waals surface area contributed by atoms with Gasteiger partial charge in [-0.1, -0.05) is 17.3 Å². The predicted molar refractivity (Wildman–Crippen MR) is 65.7 cm³/mol. The first-order chi connectivity index (χ1) is 9.22. The first kappa shape index (κ1) is 11.9. The van der Waals surface area contributed by atoms with E-state index in [2.05, 4.69) is 5.16 Å². The third-order valence-corrected chi connectivity index (χ3v) is 3.32. The van der Waals surface area contributed by atoms with Crippen LogP contribution in [0.3, 0.4) is 0 Å². The van der Waals surface area contributed by atoms with Crippen LogP contribution in [0.2, 0.25) is 0 Å². The molecule has 1 aromatic carbocycles. The summed E-state index contributed by atoms with van der Waals surface area (Å²) in [5.74, 6) is 0.618. The van der Waals surface area contributed by atoms with Gasteiger partial charge in [-0.2, -0.15) is 0 Å². The maximum atomic E-state index is 12.8. The van der Waals surface area contributed by atoms with Crippen LogP contribution in [0.1, 0.15) is 16.9 Å². The smallest absolute Gasteiger partial charge is 0.227 e. The van der Waals surface area contributed by atoms with Crippen LogP contribution in [0.15, 0.2) is 35.0 Å². The van der Waals surface area contributed by atoms with E-state index in [0.29, 0.717) is 25.9 Å². The van der Waals surface area contributed by atoms with Crippen molar-refractivity contribution >= 4 is 5.91 Å². The molecule has 0 aliphatic carbocycles. The van der Waals surface area contributed by atoms with Crippen LogP contribution in [-0.2, 0) is 24.2 Å². The molecule has 5 heteroatoms. The molecule has 1 aliphatic heterocycles. The number of hydrogen-bond donors (Lipinski definition) is 0. The topological polar surface area (TPSA) is 46.3 Å². The summed E-state index contributed by atoms with van der Waals surface area (Å²) < 4.78 is 17.9. The largest absolute Gasteiger partial charge is 0.361 e. The van der Waals surface area contributed by atoms with Gasteiger partial charge in [0.2, 0.25) is 5.91 Å². The van der Waals surface area contributed by atoms with E-state index in [9.17, 15) is 9.18 Å². The molecule has 19 heavy (non-hydrogen) atoms. The third kappa shape index (κ3) is 2.50. The minimum atomic E-state index is -0.289.